The highest BCUT2D eigenvalue weighted by Crippen LogP contribution is 2.35. The lowest BCUT2D eigenvalue weighted by Crippen LogP contribution is -2.46. The summed E-state index contributed by atoms with van der Waals surface area (Å²) in [5.74, 6) is -0.0756. The summed E-state index contributed by atoms with van der Waals surface area (Å²) in [6.07, 6.45) is 4.68. The van der Waals surface area contributed by atoms with Gasteiger partial charge in [0.15, 0.2) is 0 Å². The van der Waals surface area contributed by atoms with Gasteiger partial charge < -0.3 is 10.1 Å². The number of nitrogens with zero attached hydrogens (tertiary/aromatic N) is 3. The number of ether oxygens (including phenoxy) is 1. The quantitative estimate of drug-likeness (QED) is 0.900. The highest BCUT2D eigenvalue weighted by atomic mass is 35.5. The monoisotopic (exact) mass is 348 g/mol. The van der Waals surface area contributed by atoms with Gasteiger partial charge in [-0.2, -0.15) is 5.10 Å². The van der Waals surface area contributed by atoms with Crippen LogP contribution in [0.2, 0.25) is 5.02 Å². The molecule has 0 saturated carbocycles. The van der Waals surface area contributed by atoms with Crippen molar-refractivity contribution in [2.75, 3.05) is 19.8 Å². The van der Waals surface area contributed by atoms with Crippen LogP contribution in [0.25, 0.3) is 0 Å². The van der Waals surface area contributed by atoms with Crippen LogP contribution in [0, 0.1) is 0 Å². The minimum atomic E-state index is -0.399. The van der Waals surface area contributed by atoms with Crippen molar-refractivity contribution in [3.63, 3.8) is 0 Å². The average molecular weight is 349 g/mol. The van der Waals surface area contributed by atoms with Gasteiger partial charge in [0.2, 0.25) is 5.91 Å². The highest BCUT2D eigenvalue weighted by Gasteiger charge is 2.35. The maximum atomic E-state index is 12.5. The van der Waals surface area contributed by atoms with Gasteiger partial charge in [0.25, 0.3) is 0 Å². The Morgan fingerprint density at radius 2 is 2.25 bits per heavy atom. The lowest BCUT2D eigenvalue weighted by Gasteiger charge is -2.38. The predicted molar refractivity (Wildman–Crippen MR) is 90.9 cm³/mol. The van der Waals surface area contributed by atoms with Crippen LogP contribution >= 0.6 is 11.6 Å². The molecule has 1 aromatic carbocycles. The van der Waals surface area contributed by atoms with E-state index in [2.05, 4.69) is 21.5 Å². The normalized spacial score (nSPS) is 18.1. The number of carbonyl (C=O) groups is 1. The molecule has 0 bridgehead atoms. The van der Waals surface area contributed by atoms with E-state index in [1.807, 2.05) is 18.2 Å². The molecule has 0 unspecified atom stereocenters. The first-order valence-electron chi connectivity index (χ1n) is 8.06. The lowest BCUT2D eigenvalue weighted by molar-refractivity contribution is -0.124. The van der Waals surface area contributed by atoms with Gasteiger partial charge in [-0.3, -0.25) is 4.79 Å². The third kappa shape index (κ3) is 3.60. The van der Waals surface area contributed by atoms with Crippen LogP contribution in [0.3, 0.4) is 0 Å². The first kappa shape index (κ1) is 16.9. The van der Waals surface area contributed by atoms with E-state index in [4.69, 9.17) is 16.3 Å². The second-order valence-electron chi connectivity index (χ2n) is 6.17. The summed E-state index contributed by atoms with van der Waals surface area (Å²) in [7, 11) is 0. The van der Waals surface area contributed by atoms with E-state index in [0.717, 1.165) is 18.4 Å². The Hall–Kier alpha value is -1.92. The third-order valence-corrected chi connectivity index (χ3v) is 4.94. The van der Waals surface area contributed by atoms with Crippen molar-refractivity contribution in [2.24, 2.45) is 0 Å². The van der Waals surface area contributed by atoms with Crippen LogP contribution in [-0.4, -0.2) is 40.4 Å². The minimum Gasteiger partial charge on any atom is -0.381 e. The van der Waals surface area contributed by atoms with Crippen molar-refractivity contribution < 1.29 is 9.53 Å². The van der Waals surface area contributed by atoms with Crippen molar-refractivity contribution in [2.45, 2.75) is 31.2 Å². The van der Waals surface area contributed by atoms with Crippen LogP contribution in [0.15, 0.2) is 36.9 Å². The zero-order chi connectivity index (χ0) is 17.0. The molecule has 1 aliphatic heterocycles. The molecule has 0 radical (unpaired) electrons. The topological polar surface area (TPSA) is 69.0 Å². The molecule has 1 N–H and O–H groups in total. The Bertz CT molecular complexity index is 684. The molecule has 128 valence electrons. The van der Waals surface area contributed by atoms with Crippen molar-refractivity contribution in [3.8, 4) is 0 Å². The summed E-state index contributed by atoms with van der Waals surface area (Å²) in [5, 5.41) is 7.81. The fraction of sp³-hybridized carbons (Fsp3) is 0.471. The highest BCUT2D eigenvalue weighted by molar-refractivity contribution is 6.30. The molecule has 1 aliphatic rings. The lowest BCUT2D eigenvalue weighted by atomic mass is 9.74. The molecule has 1 amide bonds. The SMILES string of the molecule is C[C@@H](C(=O)NCC1(c2cccc(Cl)c2)CCOCC1)n1cncn1. The Morgan fingerprint density at radius 3 is 2.92 bits per heavy atom. The number of carbonyl (C=O) groups excluding carboxylic acids is 1. The fourth-order valence-electron chi connectivity index (χ4n) is 3.09. The molecule has 0 spiro atoms. The van der Waals surface area contributed by atoms with Crippen LogP contribution in [-0.2, 0) is 14.9 Å². The Kier molecular flexibility index (Phi) is 5.16. The van der Waals surface area contributed by atoms with E-state index >= 15 is 0 Å². The number of aromatic nitrogens is 3. The number of nitrogens with one attached hydrogen (secondary N) is 1. The van der Waals surface area contributed by atoms with Gasteiger partial charge in [0, 0.05) is 30.2 Å². The molecule has 3 rings (SSSR count). The molecule has 1 saturated heterocycles. The summed E-state index contributed by atoms with van der Waals surface area (Å²) in [5.41, 5.74) is 0.993. The second-order valence-corrected chi connectivity index (χ2v) is 6.61. The Labute approximate surface area is 146 Å². The van der Waals surface area contributed by atoms with E-state index in [0.29, 0.717) is 24.8 Å². The molecular weight excluding hydrogens is 328 g/mol. The molecule has 1 fully saturated rings. The maximum Gasteiger partial charge on any atom is 0.244 e. The standard InChI is InChI=1S/C17H21ClN4O2/c1-13(22-12-19-11-21-22)16(23)20-10-17(5-7-24-8-6-17)14-3-2-4-15(18)9-14/h2-4,9,11-13H,5-8,10H2,1H3,(H,20,23)/t13-/m0/s1. The number of amides is 1. The van der Waals surface area contributed by atoms with Crippen molar-refractivity contribution in [1.29, 1.82) is 0 Å². The van der Waals surface area contributed by atoms with Crippen LogP contribution < -0.4 is 5.32 Å². The molecule has 1 atom stereocenters. The second kappa shape index (κ2) is 7.32. The van der Waals surface area contributed by atoms with Gasteiger partial charge in [0.05, 0.1) is 0 Å². The van der Waals surface area contributed by atoms with E-state index in [1.165, 1.54) is 6.33 Å². The number of hydrogen-bond donors (Lipinski definition) is 1. The molecule has 1 aromatic heterocycles. The van der Waals surface area contributed by atoms with Gasteiger partial charge in [-0.05, 0) is 37.5 Å². The zero-order valence-corrected chi connectivity index (χ0v) is 14.4. The molecule has 2 aromatic rings. The molecule has 2 heterocycles. The number of hydrogen-bond acceptors (Lipinski definition) is 4. The first-order chi connectivity index (χ1) is 11.6. The molecular formula is C17H21ClN4O2. The Balaban J connectivity index is 1.74. The molecule has 24 heavy (non-hydrogen) atoms. The molecule has 7 heteroatoms. The maximum absolute atomic E-state index is 12.5. The summed E-state index contributed by atoms with van der Waals surface area (Å²) in [4.78, 5) is 16.4. The minimum absolute atomic E-state index is 0.0756. The first-order valence-corrected chi connectivity index (χ1v) is 8.44. The number of rotatable bonds is 5. The number of benzene rings is 1. The average Bonchev–Trinajstić information content (AvgIpc) is 3.14. The van der Waals surface area contributed by atoms with Gasteiger partial charge in [-0.1, -0.05) is 23.7 Å². The van der Waals surface area contributed by atoms with Crippen LogP contribution in [0.5, 0.6) is 0 Å². The predicted octanol–water partition coefficient (Wildman–Crippen LogP) is 2.36. The zero-order valence-electron chi connectivity index (χ0n) is 13.6. The van der Waals surface area contributed by atoms with Gasteiger partial charge >= 0.3 is 0 Å². The third-order valence-electron chi connectivity index (χ3n) is 4.70. The van der Waals surface area contributed by atoms with Crippen LogP contribution in [0.4, 0.5) is 0 Å². The largest absolute Gasteiger partial charge is 0.381 e. The van der Waals surface area contributed by atoms with Gasteiger partial charge in [0.1, 0.15) is 18.7 Å². The van der Waals surface area contributed by atoms with Gasteiger partial charge in [-0.25, -0.2) is 9.67 Å². The van der Waals surface area contributed by atoms with E-state index in [9.17, 15) is 4.79 Å². The van der Waals surface area contributed by atoms with Crippen molar-refractivity contribution >= 4 is 17.5 Å². The summed E-state index contributed by atoms with van der Waals surface area (Å²) in [6, 6.07) is 7.48. The summed E-state index contributed by atoms with van der Waals surface area (Å²) in [6.45, 7) is 3.72. The smallest absolute Gasteiger partial charge is 0.244 e. The summed E-state index contributed by atoms with van der Waals surface area (Å²) >= 11 is 6.17. The fourth-order valence-corrected chi connectivity index (χ4v) is 3.28. The molecule has 0 aliphatic carbocycles. The van der Waals surface area contributed by atoms with Crippen molar-refractivity contribution in [3.05, 3.63) is 47.5 Å². The van der Waals surface area contributed by atoms with Gasteiger partial charge in [-0.15, -0.1) is 0 Å². The summed E-state index contributed by atoms with van der Waals surface area (Å²) < 4.78 is 7.07. The van der Waals surface area contributed by atoms with Crippen LogP contribution in [0.1, 0.15) is 31.4 Å². The van der Waals surface area contributed by atoms with E-state index in [-0.39, 0.29) is 11.3 Å². The van der Waals surface area contributed by atoms with E-state index in [1.54, 1.807) is 17.9 Å². The number of halogens is 1. The van der Waals surface area contributed by atoms with E-state index < -0.39 is 6.04 Å². The Morgan fingerprint density at radius 1 is 1.46 bits per heavy atom. The molecule has 6 nitrogen and oxygen atoms in total. The van der Waals surface area contributed by atoms with Crippen molar-refractivity contribution in [1.82, 2.24) is 20.1 Å².